The molecule has 0 radical (unpaired) electrons. The molecule has 0 unspecified atom stereocenters. The van der Waals surface area contributed by atoms with E-state index >= 15 is 0 Å². The summed E-state index contributed by atoms with van der Waals surface area (Å²) in [4.78, 5) is 20.0. The highest BCUT2D eigenvalue weighted by Crippen LogP contribution is 2.29. The zero-order valence-electron chi connectivity index (χ0n) is 23.6. The first-order valence-corrected chi connectivity index (χ1v) is 13.4. The van der Waals surface area contributed by atoms with E-state index in [0.29, 0.717) is 60.0 Å². The number of fused-ring (bicyclic) bond motifs is 1. The molecule has 0 saturated carbocycles. The van der Waals surface area contributed by atoms with Crippen molar-refractivity contribution in [1.82, 2.24) is 34.3 Å². The quantitative estimate of drug-likeness (QED) is 0.222. The second-order valence-electron chi connectivity index (χ2n) is 9.96. The lowest BCUT2D eigenvalue weighted by Crippen LogP contribution is -2.42. The number of nitrogens with two attached hydrogens (primary N) is 1. The molecule has 14 nitrogen and oxygen atoms in total. The summed E-state index contributed by atoms with van der Waals surface area (Å²) in [5, 5.41) is 10.6. The van der Waals surface area contributed by atoms with Crippen molar-refractivity contribution in [3.8, 4) is 5.75 Å². The van der Waals surface area contributed by atoms with Gasteiger partial charge in [-0.05, 0) is 36.4 Å². The van der Waals surface area contributed by atoms with Gasteiger partial charge in [0.15, 0.2) is 11.9 Å². The number of hydrogen-bond acceptors (Lipinski definition) is 12. The maximum absolute atomic E-state index is 12.5. The van der Waals surface area contributed by atoms with Crippen LogP contribution in [0.3, 0.4) is 0 Å². The van der Waals surface area contributed by atoms with Crippen molar-refractivity contribution in [3.05, 3.63) is 61.2 Å². The SMILES string of the molecule is CN(c1cnc2c(c1)nc(Nc1ccc(OC(F)(F)F)cc1)n2C)c1ccnc(Nc2cnn(CC3OCC(N)CO3)c2)n1. The molecule has 1 saturated heterocycles. The first-order valence-electron chi connectivity index (χ1n) is 13.4. The van der Waals surface area contributed by atoms with E-state index in [-0.39, 0.29) is 11.8 Å². The molecule has 0 spiro atoms. The van der Waals surface area contributed by atoms with Gasteiger partial charge in [0, 0.05) is 32.2 Å². The molecule has 0 amide bonds. The largest absolute Gasteiger partial charge is 0.573 e. The summed E-state index contributed by atoms with van der Waals surface area (Å²) in [5.41, 5.74) is 8.94. The van der Waals surface area contributed by atoms with E-state index in [1.165, 1.54) is 24.3 Å². The average Bonchev–Trinajstić information content (AvgIpc) is 3.56. The Balaban J connectivity index is 1.12. The van der Waals surface area contributed by atoms with Crippen LogP contribution in [0.1, 0.15) is 0 Å². The van der Waals surface area contributed by atoms with Gasteiger partial charge in [0.2, 0.25) is 11.9 Å². The number of ether oxygens (including phenoxy) is 3. The van der Waals surface area contributed by atoms with Gasteiger partial charge in [-0.3, -0.25) is 9.25 Å². The van der Waals surface area contributed by atoms with Gasteiger partial charge < -0.3 is 35.5 Å². The predicted molar refractivity (Wildman–Crippen MR) is 154 cm³/mol. The van der Waals surface area contributed by atoms with Crippen LogP contribution in [0.5, 0.6) is 5.75 Å². The minimum atomic E-state index is -4.76. The lowest BCUT2D eigenvalue weighted by Gasteiger charge is -2.27. The van der Waals surface area contributed by atoms with E-state index < -0.39 is 12.7 Å². The molecule has 0 bridgehead atoms. The Morgan fingerprint density at radius 2 is 1.82 bits per heavy atom. The second-order valence-corrected chi connectivity index (χ2v) is 9.96. The number of aryl methyl sites for hydroxylation is 1. The van der Waals surface area contributed by atoms with Crippen molar-refractivity contribution in [2.24, 2.45) is 12.8 Å². The Labute approximate surface area is 248 Å². The number of pyridine rings is 1. The fourth-order valence-corrected chi connectivity index (χ4v) is 4.43. The Bertz CT molecular complexity index is 1730. The summed E-state index contributed by atoms with van der Waals surface area (Å²) < 4.78 is 55.9. The van der Waals surface area contributed by atoms with Gasteiger partial charge in [-0.15, -0.1) is 13.2 Å². The smallest absolute Gasteiger partial charge is 0.406 e. The van der Waals surface area contributed by atoms with E-state index in [0.717, 1.165) is 5.69 Å². The van der Waals surface area contributed by atoms with Crippen LogP contribution in [0.15, 0.2) is 61.2 Å². The zero-order chi connectivity index (χ0) is 30.8. The van der Waals surface area contributed by atoms with Crippen LogP contribution < -0.4 is 26.0 Å². The van der Waals surface area contributed by atoms with Crippen LogP contribution >= 0.6 is 0 Å². The number of halogens is 3. The number of nitrogens with one attached hydrogen (secondary N) is 2. The number of alkyl halides is 3. The number of hydrogen-bond donors (Lipinski definition) is 3. The molecule has 1 aliphatic heterocycles. The highest BCUT2D eigenvalue weighted by atomic mass is 19.4. The second kappa shape index (κ2) is 11.9. The first-order chi connectivity index (χ1) is 21.1. The van der Waals surface area contributed by atoms with Crippen LogP contribution in [0.2, 0.25) is 0 Å². The van der Waals surface area contributed by atoms with E-state index in [9.17, 15) is 13.2 Å². The first kappa shape index (κ1) is 29.1. The van der Waals surface area contributed by atoms with Crippen LogP contribution in [0.25, 0.3) is 11.2 Å². The minimum Gasteiger partial charge on any atom is -0.406 e. The van der Waals surface area contributed by atoms with E-state index in [2.05, 4.69) is 40.4 Å². The maximum atomic E-state index is 12.5. The number of anilines is 6. The summed E-state index contributed by atoms with van der Waals surface area (Å²) in [6.07, 6.45) is 1.62. The summed E-state index contributed by atoms with van der Waals surface area (Å²) in [5.74, 6) is 1.12. The lowest BCUT2D eigenvalue weighted by molar-refractivity contribution is -0.274. The maximum Gasteiger partial charge on any atom is 0.573 e. The van der Waals surface area contributed by atoms with E-state index in [1.807, 2.05) is 18.0 Å². The summed E-state index contributed by atoms with van der Waals surface area (Å²) in [6, 6.07) is 8.87. The molecule has 0 atom stereocenters. The zero-order valence-corrected chi connectivity index (χ0v) is 23.6. The number of aromatic nitrogens is 7. The normalized spacial score (nSPS) is 17.0. The molecule has 4 N–H and O–H groups in total. The summed E-state index contributed by atoms with van der Waals surface area (Å²) in [7, 11) is 3.63. The standard InChI is InChI=1S/C27H28F3N11O3/c1-39(22-7-8-32-25(38-22)35-18-10-34-41(12-18)13-23-42-14-16(31)15-43-23)19-9-21-24(33-11-19)40(2)26(37-21)36-17-3-5-20(6-4-17)44-27(28,29)30/h3-12,16,23H,13-15,31H2,1-2H3,(H,36,37)(H,32,35,38). The molecule has 4 aromatic heterocycles. The van der Waals surface area contributed by atoms with E-state index in [4.69, 9.17) is 15.2 Å². The Kier molecular flexibility index (Phi) is 7.90. The van der Waals surface area contributed by atoms with Gasteiger partial charge in [-0.2, -0.15) is 10.1 Å². The van der Waals surface area contributed by atoms with E-state index in [1.54, 1.807) is 47.2 Å². The van der Waals surface area contributed by atoms with Gasteiger partial charge in [0.1, 0.15) is 17.1 Å². The molecule has 1 aromatic carbocycles. The van der Waals surface area contributed by atoms with Crippen LogP contribution in [-0.2, 0) is 23.1 Å². The Morgan fingerprint density at radius 1 is 1.05 bits per heavy atom. The molecule has 44 heavy (non-hydrogen) atoms. The van der Waals surface area contributed by atoms with Gasteiger partial charge in [0.05, 0.1) is 49.6 Å². The number of nitrogens with zero attached hydrogens (tertiary/aromatic N) is 8. The highest BCUT2D eigenvalue weighted by molar-refractivity contribution is 5.80. The monoisotopic (exact) mass is 611 g/mol. The van der Waals surface area contributed by atoms with Crippen LogP contribution in [0.4, 0.5) is 47.9 Å². The summed E-state index contributed by atoms with van der Waals surface area (Å²) in [6.45, 7) is 1.29. The van der Waals surface area contributed by atoms with Crippen molar-refractivity contribution in [3.63, 3.8) is 0 Å². The molecular formula is C27H28F3N11O3. The third-order valence-corrected chi connectivity index (χ3v) is 6.63. The highest BCUT2D eigenvalue weighted by Gasteiger charge is 2.31. The Hall–Kier alpha value is -5.00. The van der Waals surface area contributed by atoms with Crippen molar-refractivity contribution < 1.29 is 27.4 Å². The molecule has 0 aliphatic carbocycles. The molecule has 5 heterocycles. The van der Waals surface area contributed by atoms with Crippen molar-refractivity contribution in [2.45, 2.75) is 25.2 Å². The number of benzene rings is 1. The molecular weight excluding hydrogens is 583 g/mol. The Morgan fingerprint density at radius 3 is 2.57 bits per heavy atom. The van der Waals surface area contributed by atoms with Crippen molar-refractivity contribution in [2.75, 3.05) is 35.8 Å². The molecule has 1 fully saturated rings. The van der Waals surface area contributed by atoms with Crippen LogP contribution in [-0.4, -0.2) is 73.2 Å². The molecule has 230 valence electrons. The van der Waals surface area contributed by atoms with Gasteiger partial charge >= 0.3 is 6.36 Å². The van der Waals surface area contributed by atoms with Gasteiger partial charge in [-0.1, -0.05) is 0 Å². The van der Waals surface area contributed by atoms with Crippen molar-refractivity contribution >= 4 is 45.9 Å². The topological polar surface area (TPSA) is 155 Å². The van der Waals surface area contributed by atoms with Crippen molar-refractivity contribution in [1.29, 1.82) is 0 Å². The third kappa shape index (κ3) is 6.80. The van der Waals surface area contributed by atoms with Crippen LogP contribution in [0, 0.1) is 0 Å². The number of rotatable bonds is 9. The fraction of sp³-hybridized carbons (Fsp3) is 0.296. The molecule has 17 heteroatoms. The third-order valence-electron chi connectivity index (χ3n) is 6.63. The fourth-order valence-electron chi connectivity index (χ4n) is 4.43. The number of imidazole rings is 1. The molecule has 6 rings (SSSR count). The minimum absolute atomic E-state index is 0.121. The average molecular weight is 612 g/mol. The van der Waals surface area contributed by atoms with Gasteiger partial charge in [0.25, 0.3) is 0 Å². The molecule has 1 aliphatic rings. The van der Waals surface area contributed by atoms with Gasteiger partial charge in [-0.25, -0.2) is 15.0 Å². The predicted octanol–water partition coefficient (Wildman–Crippen LogP) is 3.81. The lowest BCUT2D eigenvalue weighted by atomic mass is 10.3. The summed E-state index contributed by atoms with van der Waals surface area (Å²) >= 11 is 0. The molecule has 5 aromatic rings.